The van der Waals surface area contributed by atoms with E-state index in [-0.39, 0.29) is 34.3 Å². The molecule has 0 spiro atoms. The van der Waals surface area contributed by atoms with Crippen molar-refractivity contribution in [3.05, 3.63) is 23.4 Å². The van der Waals surface area contributed by atoms with Gasteiger partial charge < -0.3 is 0 Å². The molecule has 9 nitrogen and oxygen atoms in total. The number of thioether (sulfide) groups is 1. The van der Waals surface area contributed by atoms with Crippen LogP contribution in [0.4, 0.5) is 13.2 Å². The first kappa shape index (κ1) is 20.4. The summed E-state index contributed by atoms with van der Waals surface area (Å²) in [6.07, 6.45) is -3.04. The zero-order valence-corrected chi connectivity index (χ0v) is 15.9. The summed E-state index contributed by atoms with van der Waals surface area (Å²) in [7, 11) is -3.28. The minimum atomic E-state index is -4.69. The lowest BCUT2D eigenvalue weighted by atomic mass is 10.1. The van der Waals surface area contributed by atoms with E-state index in [1.807, 2.05) is 0 Å². The number of amides is 2. The number of sulfone groups is 1. The van der Waals surface area contributed by atoms with Crippen molar-refractivity contribution < 1.29 is 31.2 Å². The molecule has 0 radical (unpaired) electrons. The van der Waals surface area contributed by atoms with Gasteiger partial charge in [-0.25, -0.2) is 8.42 Å². The maximum atomic E-state index is 13.2. The lowest BCUT2D eigenvalue weighted by Crippen LogP contribution is -2.45. The molecule has 1 aliphatic heterocycles. The van der Waals surface area contributed by atoms with Crippen molar-refractivity contribution >= 4 is 39.1 Å². The van der Waals surface area contributed by atoms with Gasteiger partial charge in [0.2, 0.25) is 5.91 Å². The predicted molar refractivity (Wildman–Crippen MR) is 92.1 cm³/mol. The standard InChI is InChI=1S/C14H14F3N5O4S2/c1-27-13-21-18-10-8(2-3-9(22(10)13)14(15,16)17)12(24)20-19-11(23)7-4-5-28(25,26)6-7/h2-3,7H,4-6H2,1H3,(H,19,23)(H,20,24). The van der Waals surface area contributed by atoms with E-state index < -0.39 is 39.4 Å². The number of nitrogens with zero attached hydrogens (tertiary/aromatic N) is 3. The summed E-state index contributed by atoms with van der Waals surface area (Å²) in [5.41, 5.74) is 2.57. The maximum absolute atomic E-state index is 13.2. The molecule has 0 aliphatic carbocycles. The van der Waals surface area contributed by atoms with Crippen LogP contribution in [-0.4, -0.2) is 52.6 Å². The third-order valence-electron chi connectivity index (χ3n) is 4.14. The zero-order valence-electron chi connectivity index (χ0n) is 14.3. The van der Waals surface area contributed by atoms with Gasteiger partial charge in [0.15, 0.2) is 20.6 Å². The van der Waals surface area contributed by atoms with E-state index in [4.69, 9.17) is 0 Å². The monoisotopic (exact) mass is 437 g/mol. The minimum Gasteiger partial charge on any atom is -0.273 e. The Morgan fingerprint density at radius 3 is 2.54 bits per heavy atom. The highest BCUT2D eigenvalue weighted by molar-refractivity contribution is 7.98. The molecular formula is C14H14F3N5O4S2. The molecule has 28 heavy (non-hydrogen) atoms. The first-order valence-electron chi connectivity index (χ1n) is 7.83. The molecule has 3 rings (SSSR count). The molecule has 2 N–H and O–H groups in total. The Labute approximate surface area is 161 Å². The topological polar surface area (TPSA) is 123 Å². The third kappa shape index (κ3) is 3.92. The van der Waals surface area contributed by atoms with Crippen molar-refractivity contribution in [2.24, 2.45) is 5.92 Å². The number of pyridine rings is 1. The molecule has 2 aromatic rings. The molecule has 0 saturated carbocycles. The number of aromatic nitrogens is 3. The van der Waals surface area contributed by atoms with Gasteiger partial charge in [0.25, 0.3) is 5.91 Å². The van der Waals surface area contributed by atoms with Gasteiger partial charge in [-0.3, -0.25) is 24.8 Å². The van der Waals surface area contributed by atoms with Crippen LogP contribution in [0.15, 0.2) is 17.3 Å². The van der Waals surface area contributed by atoms with Crippen molar-refractivity contribution in [2.45, 2.75) is 17.8 Å². The Morgan fingerprint density at radius 1 is 1.25 bits per heavy atom. The Morgan fingerprint density at radius 2 is 1.96 bits per heavy atom. The van der Waals surface area contributed by atoms with E-state index in [2.05, 4.69) is 21.0 Å². The van der Waals surface area contributed by atoms with Gasteiger partial charge in [-0.15, -0.1) is 10.2 Å². The molecule has 14 heteroatoms. The first-order chi connectivity index (χ1) is 13.0. The summed E-state index contributed by atoms with van der Waals surface area (Å²) >= 11 is 0.922. The highest BCUT2D eigenvalue weighted by Crippen LogP contribution is 2.32. The Hall–Kier alpha value is -2.35. The minimum absolute atomic E-state index is 0.0582. The van der Waals surface area contributed by atoms with Crippen LogP contribution in [0.25, 0.3) is 5.65 Å². The Kier molecular flexibility index (Phi) is 5.27. The first-order valence-corrected chi connectivity index (χ1v) is 10.9. The van der Waals surface area contributed by atoms with Crippen molar-refractivity contribution in [3.8, 4) is 0 Å². The second-order valence-electron chi connectivity index (χ2n) is 6.02. The zero-order chi connectivity index (χ0) is 20.7. The lowest BCUT2D eigenvalue weighted by molar-refractivity contribution is -0.142. The fourth-order valence-corrected chi connectivity index (χ4v) is 5.02. The lowest BCUT2D eigenvalue weighted by Gasteiger charge is -2.13. The van der Waals surface area contributed by atoms with Crippen LogP contribution >= 0.6 is 11.8 Å². The van der Waals surface area contributed by atoms with Gasteiger partial charge in [0, 0.05) is 0 Å². The highest BCUT2D eigenvalue weighted by Gasteiger charge is 2.36. The molecule has 1 fully saturated rings. The normalized spacial score (nSPS) is 18.9. The number of fused-ring (bicyclic) bond motifs is 1. The smallest absolute Gasteiger partial charge is 0.273 e. The molecule has 3 heterocycles. The highest BCUT2D eigenvalue weighted by atomic mass is 32.2. The maximum Gasteiger partial charge on any atom is 0.431 e. The molecule has 152 valence electrons. The number of hydrazine groups is 1. The molecular weight excluding hydrogens is 423 g/mol. The number of carbonyl (C=O) groups excluding carboxylic acids is 2. The molecule has 1 saturated heterocycles. The van der Waals surface area contributed by atoms with E-state index in [9.17, 15) is 31.2 Å². The largest absolute Gasteiger partial charge is 0.431 e. The van der Waals surface area contributed by atoms with Gasteiger partial charge in [-0.2, -0.15) is 13.2 Å². The fraction of sp³-hybridized carbons (Fsp3) is 0.429. The van der Waals surface area contributed by atoms with Crippen LogP contribution < -0.4 is 10.9 Å². The quantitative estimate of drug-likeness (QED) is 0.534. The number of nitrogens with one attached hydrogen (secondary N) is 2. The number of rotatable bonds is 3. The van der Waals surface area contributed by atoms with Crippen molar-refractivity contribution in [2.75, 3.05) is 17.8 Å². The van der Waals surface area contributed by atoms with Crippen LogP contribution in [0.3, 0.4) is 0 Å². The SMILES string of the molecule is CSc1nnc2c(C(=O)NNC(=O)C3CCS(=O)(=O)C3)ccc(C(F)(F)F)n12. The van der Waals surface area contributed by atoms with E-state index in [1.165, 1.54) is 6.26 Å². The number of hydrogen-bond acceptors (Lipinski definition) is 7. The molecule has 0 bridgehead atoms. The number of hydrogen-bond donors (Lipinski definition) is 2. The second-order valence-corrected chi connectivity index (χ2v) is 9.02. The van der Waals surface area contributed by atoms with E-state index in [1.54, 1.807) is 0 Å². The predicted octanol–water partition coefficient (Wildman–Crippen LogP) is 0.666. The van der Waals surface area contributed by atoms with E-state index in [0.29, 0.717) is 4.40 Å². The van der Waals surface area contributed by atoms with Gasteiger partial charge in [-0.05, 0) is 24.8 Å². The molecule has 1 unspecified atom stereocenters. The summed E-state index contributed by atoms with van der Waals surface area (Å²) < 4.78 is 63.3. The van der Waals surface area contributed by atoms with Crippen LogP contribution in [0.2, 0.25) is 0 Å². The van der Waals surface area contributed by atoms with Gasteiger partial charge in [0.05, 0.1) is 23.0 Å². The Bertz CT molecular complexity index is 1050. The summed E-state index contributed by atoms with van der Waals surface area (Å²) in [5.74, 6) is -2.83. The van der Waals surface area contributed by atoms with Crippen LogP contribution in [0, 0.1) is 5.92 Å². The van der Waals surface area contributed by atoms with E-state index >= 15 is 0 Å². The second kappa shape index (κ2) is 7.24. The molecule has 0 aromatic carbocycles. The summed E-state index contributed by atoms with van der Waals surface area (Å²) in [5, 5.41) is 7.24. The summed E-state index contributed by atoms with van der Waals surface area (Å²) in [4.78, 5) is 24.3. The molecule has 2 amide bonds. The summed E-state index contributed by atoms with van der Waals surface area (Å²) in [6, 6.07) is 1.65. The van der Waals surface area contributed by atoms with Crippen LogP contribution in [-0.2, 0) is 20.8 Å². The number of halogens is 3. The number of carbonyl (C=O) groups is 2. The molecule has 2 aromatic heterocycles. The van der Waals surface area contributed by atoms with E-state index in [0.717, 1.165) is 23.9 Å². The average Bonchev–Trinajstić information content (AvgIpc) is 3.20. The Balaban J connectivity index is 1.83. The fourth-order valence-electron chi connectivity index (χ4n) is 2.79. The molecule has 1 aliphatic rings. The van der Waals surface area contributed by atoms with Crippen molar-refractivity contribution in [3.63, 3.8) is 0 Å². The third-order valence-corrected chi connectivity index (χ3v) is 6.54. The van der Waals surface area contributed by atoms with Crippen molar-refractivity contribution in [1.29, 1.82) is 0 Å². The van der Waals surface area contributed by atoms with Gasteiger partial charge >= 0.3 is 6.18 Å². The van der Waals surface area contributed by atoms with Gasteiger partial charge in [0.1, 0.15) is 5.69 Å². The van der Waals surface area contributed by atoms with Crippen LogP contribution in [0.1, 0.15) is 22.5 Å². The van der Waals surface area contributed by atoms with Crippen molar-refractivity contribution in [1.82, 2.24) is 25.4 Å². The van der Waals surface area contributed by atoms with Gasteiger partial charge in [-0.1, -0.05) is 11.8 Å². The number of alkyl halides is 3. The summed E-state index contributed by atoms with van der Waals surface area (Å²) in [6.45, 7) is 0. The van der Waals surface area contributed by atoms with Crippen LogP contribution in [0.5, 0.6) is 0 Å². The average molecular weight is 437 g/mol. The molecule has 1 atom stereocenters.